The second-order valence-corrected chi connectivity index (χ2v) is 13.8. The first kappa shape index (κ1) is 29.8. The maximum atomic E-state index is 6.83. The number of benzene rings is 6. The summed E-state index contributed by atoms with van der Waals surface area (Å²) >= 11 is 0. The van der Waals surface area contributed by atoms with Crippen molar-refractivity contribution < 1.29 is 9.15 Å². The Hall–Kier alpha value is -6.85. The third kappa shape index (κ3) is 4.10. The van der Waals surface area contributed by atoms with Gasteiger partial charge in [-0.3, -0.25) is 4.99 Å². The van der Waals surface area contributed by atoms with Crippen LogP contribution in [-0.2, 0) is 0 Å². The summed E-state index contributed by atoms with van der Waals surface area (Å²) in [7, 11) is 0. The lowest BCUT2D eigenvalue weighted by atomic mass is 9.87. The summed E-state index contributed by atoms with van der Waals surface area (Å²) in [5.41, 5.74) is 12.5. The van der Waals surface area contributed by atoms with E-state index in [2.05, 4.69) is 167 Å². The van der Waals surface area contributed by atoms with Crippen molar-refractivity contribution in [2.24, 2.45) is 4.99 Å². The molecule has 2 atom stereocenters. The quantitative estimate of drug-likeness (QED) is 0.134. The number of furan rings is 1. The monoisotopic (exact) mass is 683 g/mol. The molecule has 0 bridgehead atoms. The van der Waals surface area contributed by atoms with E-state index in [1.54, 1.807) is 0 Å². The van der Waals surface area contributed by atoms with Gasteiger partial charge in [0.25, 0.3) is 0 Å². The maximum absolute atomic E-state index is 6.83. The van der Waals surface area contributed by atoms with E-state index < -0.39 is 0 Å². The van der Waals surface area contributed by atoms with Crippen LogP contribution >= 0.6 is 0 Å². The molecule has 0 spiro atoms. The van der Waals surface area contributed by atoms with Crippen molar-refractivity contribution in [3.8, 4) is 11.4 Å². The standard InChI is InChI=1S/C48H33N3O2/c1-3-39(50-40-19-9-4-14-29(40)34-24-26-36-32-17-7-12-22-43(32)52-47(36)45(34)50)38(28-49-2)31-16-6-11-21-42(31)51-41-20-10-5-15-30(41)35-25-27-37-33-18-8-13-23-44(33)53-48(37)46(35)51/h3-28,37,48H,2H2,1H3/b38-28-,39-3+. The molecular formula is C48H33N3O2. The molecule has 4 heterocycles. The highest BCUT2D eigenvalue weighted by atomic mass is 16.5. The number of rotatable bonds is 5. The Morgan fingerprint density at radius 1 is 0.717 bits per heavy atom. The van der Waals surface area contributed by atoms with E-state index >= 15 is 0 Å². The van der Waals surface area contributed by atoms with E-state index in [0.29, 0.717) is 0 Å². The first-order valence-electron chi connectivity index (χ1n) is 18.1. The Bertz CT molecular complexity index is 3090. The number of aromatic nitrogens is 2. The van der Waals surface area contributed by atoms with Crippen molar-refractivity contribution in [1.82, 2.24) is 9.13 Å². The molecule has 0 amide bonds. The van der Waals surface area contributed by atoms with Gasteiger partial charge in [-0.15, -0.1) is 0 Å². The van der Waals surface area contributed by atoms with Crippen molar-refractivity contribution in [2.75, 3.05) is 0 Å². The number of ether oxygens (including phenoxy) is 1. The minimum absolute atomic E-state index is 0.119. The molecule has 53 heavy (non-hydrogen) atoms. The molecule has 5 nitrogen and oxygen atoms in total. The van der Waals surface area contributed by atoms with E-state index in [9.17, 15) is 0 Å². The molecule has 3 aromatic heterocycles. The SMILES string of the molecule is C=N/C=C(\C(=C/C)n1c2ccccc2c2ccc3c4ccccc4oc3c21)c1ccccc1-n1c2c(c3ccccc31)C=CC1c3ccccc3OC21. The maximum Gasteiger partial charge on any atom is 0.160 e. The highest BCUT2D eigenvalue weighted by Crippen LogP contribution is 2.53. The Labute approximate surface area is 305 Å². The average Bonchev–Trinajstić information content (AvgIpc) is 3.96. The van der Waals surface area contributed by atoms with Crippen molar-refractivity contribution in [3.05, 3.63) is 174 Å². The predicted octanol–water partition coefficient (Wildman–Crippen LogP) is 12.5. The van der Waals surface area contributed by atoms with Gasteiger partial charge in [-0.1, -0.05) is 115 Å². The summed E-state index contributed by atoms with van der Waals surface area (Å²) < 4.78 is 18.3. The first-order valence-corrected chi connectivity index (χ1v) is 18.1. The summed E-state index contributed by atoms with van der Waals surface area (Å²) in [6.45, 7) is 6.09. The molecule has 5 heteroatoms. The number of allylic oxidation sites excluding steroid dienone is 3. The molecule has 1 aliphatic carbocycles. The summed E-state index contributed by atoms with van der Waals surface area (Å²) in [4.78, 5) is 4.47. The lowest BCUT2D eigenvalue weighted by molar-refractivity contribution is 0.216. The van der Waals surface area contributed by atoms with Crippen molar-refractivity contribution in [3.63, 3.8) is 0 Å². The highest BCUT2D eigenvalue weighted by Gasteiger charge is 2.40. The van der Waals surface area contributed by atoms with Crippen LogP contribution in [0.25, 0.3) is 77.7 Å². The molecule has 0 radical (unpaired) electrons. The number of nitrogens with zero attached hydrogens (tertiary/aromatic N) is 3. The number of hydrogen-bond donors (Lipinski definition) is 0. The van der Waals surface area contributed by atoms with Gasteiger partial charge in [0.2, 0.25) is 0 Å². The molecular weight excluding hydrogens is 651 g/mol. The van der Waals surface area contributed by atoms with Crippen LogP contribution in [-0.4, -0.2) is 15.9 Å². The van der Waals surface area contributed by atoms with Gasteiger partial charge in [0.1, 0.15) is 17.4 Å². The summed E-state index contributed by atoms with van der Waals surface area (Å²) in [6, 6.07) is 47.0. The summed E-state index contributed by atoms with van der Waals surface area (Å²) in [5, 5.41) is 5.67. The summed E-state index contributed by atoms with van der Waals surface area (Å²) in [5.74, 6) is 1.06. The lowest BCUT2D eigenvalue weighted by Crippen LogP contribution is -2.17. The average molecular weight is 684 g/mol. The Kier molecular flexibility index (Phi) is 6.38. The van der Waals surface area contributed by atoms with E-state index in [4.69, 9.17) is 9.15 Å². The van der Waals surface area contributed by atoms with Gasteiger partial charge >= 0.3 is 0 Å². The van der Waals surface area contributed by atoms with Gasteiger partial charge in [0, 0.05) is 61.3 Å². The zero-order valence-electron chi connectivity index (χ0n) is 29.0. The largest absolute Gasteiger partial charge is 0.483 e. The van der Waals surface area contributed by atoms with Crippen LogP contribution < -0.4 is 4.74 Å². The van der Waals surface area contributed by atoms with Crippen LogP contribution in [0.3, 0.4) is 0 Å². The van der Waals surface area contributed by atoms with Gasteiger partial charge in [0.05, 0.1) is 33.6 Å². The smallest absolute Gasteiger partial charge is 0.160 e. The fourth-order valence-electron chi connectivity index (χ4n) is 9.01. The number of hydrogen-bond acceptors (Lipinski definition) is 3. The lowest BCUT2D eigenvalue weighted by Gasteiger charge is -2.26. The molecule has 1 aliphatic heterocycles. The van der Waals surface area contributed by atoms with Crippen LogP contribution in [0.5, 0.6) is 5.75 Å². The fraction of sp³-hybridized carbons (Fsp3) is 0.0625. The molecule has 0 saturated heterocycles. The molecule has 2 unspecified atom stereocenters. The Morgan fingerprint density at radius 3 is 2.30 bits per heavy atom. The molecule has 11 rings (SSSR count). The highest BCUT2D eigenvalue weighted by molar-refractivity contribution is 6.23. The van der Waals surface area contributed by atoms with Crippen LogP contribution in [0, 0.1) is 0 Å². The van der Waals surface area contributed by atoms with Gasteiger partial charge in [-0.2, -0.15) is 0 Å². The molecule has 0 N–H and O–H groups in total. The third-order valence-electron chi connectivity index (χ3n) is 11.2. The van der Waals surface area contributed by atoms with Gasteiger partial charge in [-0.05, 0) is 50.0 Å². The van der Waals surface area contributed by atoms with Crippen LogP contribution in [0.1, 0.15) is 41.3 Å². The Morgan fingerprint density at radius 2 is 1.43 bits per heavy atom. The normalized spacial score (nSPS) is 16.8. The first-order chi connectivity index (χ1) is 26.2. The van der Waals surface area contributed by atoms with Crippen molar-refractivity contribution in [2.45, 2.75) is 18.9 Å². The zero-order valence-corrected chi connectivity index (χ0v) is 29.0. The van der Waals surface area contributed by atoms with E-state index in [-0.39, 0.29) is 12.0 Å². The van der Waals surface area contributed by atoms with Crippen LogP contribution in [0.4, 0.5) is 0 Å². The molecule has 252 valence electrons. The molecule has 6 aromatic carbocycles. The second kappa shape index (κ2) is 11.3. The second-order valence-electron chi connectivity index (χ2n) is 13.8. The summed E-state index contributed by atoms with van der Waals surface area (Å²) in [6.07, 6.45) is 8.51. The zero-order chi connectivity index (χ0) is 35.2. The minimum Gasteiger partial charge on any atom is -0.483 e. The van der Waals surface area contributed by atoms with Crippen molar-refractivity contribution >= 4 is 78.7 Å². The van der Waals surface area contributed by atoms with E-state index in [1.807, 2.05) is 18.3 Å². The third-order valence-corrected chi connectivity index (χ3v) is 11.2. The minimum atomic E-state index is -0.169. The molecule has 0 fully saturated rings. The van der Waals surface area contributed by atoms with E-state index in [0.717, 1.165) is 83.2 Å². The molecule has 9 aromatic rings. The van der Waals surface area contributed by atoms with Gasteiger partial charge in [0.15, 0.2) is 5.58 Å². The molecule has 2 aliphatic rings. The van der Waals surface area contributed by atoms with E-state index in [1.165, 1.54) is 16.5 Å². The molecule has 0 saturated carbocycles. The van der Waals surface area contributed by atoms with Crippen LogP contribution in [0.15, 0.2) is 161 Å². The number of aliphatic imine (C=N–C) groups is 1. The van der Waals surface area contributed by atoms with Crippen molar-refractivity contribution in [1.29, 1.82) is 0 Å². The number of fused-ring (bicyclic) bond motifs is 14. The number of para-hydroxylation sites is 5. The van der Waals surface area contributed by atoms with Gasteiger partial charge in [-0.25, -0.2) is 0 Å². The topological polar surface area (TPSA) is 44.6 Å². The van der Waals surface area contributed by atoms with Gasteiger partial charge < -0.3 is 18.3 Å². The predicted molar refractivity (Wildman–Crippen MR) is 219 cm³/mol. The Balaban J connectivity index is 1.18. The van der Waals surface area contributed by atoms with Crippen LogP contribution in [0.2, 0.25) is 0 Å². The fourth-order valence-corrected chi connectivity index (χ4v) is 9.01.